The lowest BCUT2D eigenvalue weighted by atomic mass is 10.1. The summed E-state index contributed by atoms with van der Waals surface area (Å²) in [6.07, 6.45) is 5.98. The molecule has 1 rings (SSSR count). The summed E-state index contributed by atoms with van der Waals surface area (Å²) in [6, 6.07) is 5.02. The molecule has 0 spiro atoms. The van der Waals surface area contributed by atoms with Gasteiger partial charge in [-0.05, 0) is 31.2 Å². The van der Waals surface area contributed by atoms with Gasteiger partial charge in [0, 0.05) is 6.08 Å². The van der Waals surface area contributed by atoms with Crippen molar-refractivity contribution >= 4 is 17.9 Å². The normalized spacial score (nSPS) is 10.1. The summed E-state index contributed by atoms with van der Waals surface area (Å²) in [7, 11) is 0. The summed E-state index contributed by atoms with van der Waals surface area (Å²) in [6.45, 7) is 1.83. The second-order valence-corrected chi connectivity index (χ2v) is 3.41. The first kappa shape index (κ1) is 17.1. The van der Waals surface area contributed by atoms with E-state index < -0.39 is 17.9 Å². The van der Waals surface area contributed by atoms with Crippen LogP contribution >= 0.6 is 0 Å². The molecule has 1 aromatic carbocycles. The number of carboxylic acids is 3. The standard InChI is InChI=1S/C8H6O4.C6H8O2/c9-7(10)5-1-2-6(4-3-5)8(11)12;1-2-3-4-5-6(7)8/h1-4H,(H,9,10)(H,11,12);2-5H,1H3,(H,7,8)/b;3-2+,5-4+. The molecule has 0 aliphatic carbocycles. The molecular weight excluding hydrogens is 264 g/mol. The van der Waals surface area contributed by atoms with Crippen LogP contribution in [0.5, 0.6) is 0 Å². The molecule has 0 unspecified atom stereocenters. The number of carbonyl (C=O) groups is 3. The van der Waals surface area contributed by atoms with E-state index in [0.717, 1.165) is 6.08 Å². The zero-order valence-corrected chi connectivity index (χ0v) is 10.7. The first-order valence-corrected chi connectivity index (χ1v) is 5.47. The fourth-order valence-corrected chi connectivity index (χ4v) is 1.00. The van der Waals surface area contributed by atoms with Crippen LogP contribution in [-0.4, -0.2) is 33.2 Å². The Morgan fingerprint density at radius 3 is 1.50 bits per heavy atom. The minimum atomic E-state index is -1.06. The molecule has 0 saturated carbocycles. The molecule has 0 aliphatic heterocycles. The van der Waals surface area contributed by atoms with Crippen molar-refractivity contribution in [1.82, 2.24) is 0 Å². The molecular formula is C14H14O6. The van der Waals surface area contributed by atoms with Crippen LogP contribution in [0.2, 0.25) is 0 Å². The van der Waals surface area contributed by atoms with E-state index in [0.29, 0.717) is 0 Å². The molecule has 106 valence electrons. The van der Waals surface area contributed by atoms with Crippen molar-refractivity contribution in [1.29, 1.82) is 0 Å². The lowest BCUT2D eigenvalue weighted by Gasteiger charge is -1.94. The number of aliphatic carboxylic acids is 1. The maximum absolute atomic E-state index is 10.3. The van der Waals surface area contributed by atoms with Crippen molar-refractivity contribution in [3.63, 3.8) is 0 Å². The van der Waals surface area contributed by atoms with Crippen LogP contribution in [0.3, 0.4) is 0 Å². The summed E-state index contributed by atoms with van der Waals surface area (Å²) in [4.78, 5) is 30.4. The van der Waals surface area contributed by atoms with E-state index in [1.807, 2.05) is 6.92 Å². The zero-order valence-electron chi connectivity index (χ0n) is 10.7. The van der Waals surface area contributed by atoms with E-state index in [1.54, 1.807) is 12.2 Å². The van der Waals surface area contributed by atoms with Crippen LogP contribution < -0.4 is 0 Å². The molecule has 1 aromatic rings. The molecule has 0 saturated heterocycles. The third-order valence-corrected chi connectivity index (χ3v) is 1.92. The monoisotopic (exact) mass is 278 g/mol. The Morgan fingerprint density at radius 1 is 0.850 bits per heavy atom. The lowest BCUT2D eigenvalue weighted by molar-refractivity contribution is -0.131. The minimum absolute atomic E-state index is 0.0833. The van der Waals surface area contributed by atoms with Crippen LogP contribution in [0.1, 0.15) is 27.6 Å². The molecule has 0 bridgehead atoms. The Kier molecular flexibility index (Phi) is 7.78. The zero-order chi connectivity index (χ0) is 15.5. The lowest BCUT2D eigenvalue weighted by Crippen LogP contribution is -1.99. The van der Waals surface area contributed by atoms with Gasteiger partial charge in [0.15, 0.2) is 0 Å². The highest BCUT2D eigenvalue weighted by Gasteiger charge is 2.04. The fourth-order valence-electron chi connectivity index (χ4n) is 1.00. The molecule has 0 fully saturated rings. The first-order chi connectivity index (χ1) is 9.38. The first-order valence-electron chi connectivity index (χ1n) is 5.47. The fraction of sp³-hybridized carbons (Fsp3) is 0.0714. The predicted octanol–water partition coefficient (Wildman–Crippen LogP) is 2.29. The SMILES string of the molecule is C/C=C/C=C/C(=O)O.O=C(O)c1ccc(C(=O)O)cc1. The van der Waals surface area contributed by atoms with E-state index in [9.17, 15) is 14.4 Å². The third kappa shape index (κ3) is 7.44. The molecule has 0 aromatic heterocycles. The quantitative estimate of drug-likeness (QED) is 0.575. The van der Waals surface area contributed by atoms with Crippen molar-refractivity contribution in [2.75, 3.05) is 0 Å². The van der Waals surface area contributed by atoms with Crippen LogP contribution in [0.15, 0.2) is 48.6 Å². The second kappa shape index (κ2) is 9.09. The van der Waals surface area contributed by atoms with Crippen molar-refractivity contribution in [3.05, 3.63) is 59.7 Å². The van der Waals surface area contributed by atoms with Crippen LogP contribution in [0.4, 0.5) is 0 Å². The maximum Gasteiger partial charge on any atom is 0.335 e. The van der Waals surface area contributed by atoms with E-state index in [2.05, 4.69) is 0 Å². The summed E-state index contributed by atoms with van der Waals surface area (Å²) >= 11 is 0. The van der Waals surface area contributed by atoms with Crippen LogP contribution in [0.25, 0.3) is 0 Å². The molecule has 0 aliphatic rings. The molecule has 0 heterocycles. The highest BCUT2D eigenvalue weighted by Crippen LogP contribution is 2.03. The van der Waals surface area contributed by atoms with Gasteiger partial charge in [0.05, 0.1) is 11.1 Å². The number of rotatable bonds is 4. The van der Waals surface area contributed by atoms with Gasteiger partial charge in [-0.25, -0.2) is 14.4 Å². The van der Waals surface area contributed by atoms with Gasteiger partial charge < -0.3 is 15.3 Å². The molecule has 0 atom stereocenters. The van der Waals surface area contributed by atoms with Gasteiger partial charge in [-0.15, -0.1) is 0 Å². The average molecular weight is 278 g/mol. The van der Waals surface area contributed by atoms with Crippen LogP contribution in [-0.2, 0) is 4.79 Å². The van der Waals surface area contributed by atoms with E-state index in [4.69, 9.17) is 15.3 Å². The van der Waals surface area contributed by atoms with Crippen molar-refractivity contribution in [2.45, 2.75) is 6.92 Å². The Balaban J connectivity index is 0.000000396. The minimum Gasteiger partial charge on any atom is -0.478 e. The number of allylic oxidation sites excluding steroid dienone is 3. The third-order valence-electron chi connectivity index (χ3n) is 1.92. The van der Waals surface area contributed by atoms with Gasteiger partial charge in [0.2, 0.25) is 0 Å². The number of benzene rings is 1. The van der Waals surface area contributed by atoms with Gasteiger partial charge in [0.25, 0.3) is 0 Å². The predicted molar refractivity (Wildman–Crippen MR) is 72.0 cm³/mol. The number of hydrogen-bond acceptors (Lipinski definition) is 3. The van der Waals surface area contributed by atoms with E-state index in [-0.39, 0.29) is 11.1 Å². The van der Waals surface area contributed by atoms with Gasteiger partial charge in [-0.2, -0.15) is 0 Å². The van der Waals surface area contributed by atoms with Crippen molar-refractivity contribution < 1.29 is 29.7 Å². The Morgan fingerprint density at radius 2 is 1.25 bits per heavy atom. The number of hydrogen-bond donors (Lipinski definition) is 3. The molecule has 6 nitrogen and oxygen atoms in total. The molecule has 0 radical (unpaired) electrons. The molecule has 20 heavy (non-hydrogen) atoms. The van der Waals surface area contributed by atoms with Gasteiger partial charge in [0.1, 0.15) is 0 Å². The van der Waals surface area contributed by atoms with Crippen molar-refractivity contribution in [2.24, 2.45) is 0 Å². The van der Waals surface area contributed by atoms with Crippen molar-refractivity contribution in [3.8, 4) is 0 Å². The van der Waals surface area contributed by atoms with Crippen LogP contribution in [0, 0.1) is 0 Å². The smallest absolute Gasteiger partial charge is 0.335 e. The Labute approximate surface area is 115 Å². The van der Waals surface area contributed by atoms with Gasteiger partial charge in [-0.3, -0.25) is 0 Å². The summed E-state index contributed by atoms with van der Waals surface area (Å²) in [5.74, 6) is -3.04. The van der Waals surface area contributed by atoms with E-state index >= 15 is 0 Å². The second-order valence-electron chi connectivity index (χ2n) is 3.41. The molecule has 3 N–H and O–H groups in total. The van der Waals surface area contributed by atoms with E-state index in [1.165, 1.54) is 30.3 Å². The highest BCUT2D eigenvalue weighted by atomic mass is 16.4. The topological polar surface area (TPSA) is 112 Å². The summed E-state index contributed by atoms with van der Waals surface area (Å²) < 4.78 is 0. The average Bonchev–Trinajstić information content (AvgIpc) is 2.39. The summed E-state index contributed by atoms with van der Waals surface area (Å²) in [5.41, 5.74) is 0.167. The molecule has 6 heteroatoms. The number of aromatic carboxylic acids is 2. The van der Waals surface area contributed by atoms with Gasteiger partial charge in [-0.1, -0.05) is 18.2 Å². The number of carboxylic acid groups (broad SMARTS) is 3. The Hall–Kier alpha value is -2.89. The Bertz CT molecular complexity index is 492. The maximum atomic E-state index is 10.3. The molecule has 0 amide bonds. The largest absolute Gasteiger partial charge is 0.478 e. The summed E-state index contributed by atoms with van der Waals surface area (Å²) in [5, 5.41) is 25.0. The van der Waals surface area contributed by atoms with Gasteiger partial charge >= 0.3 is 17.9 Å². The highest BCUT2D eigenvalue weighted by molar-refractivity contribution is 5.91.